The number of carbonyl (C=O) groups excluding carboxylic acids is 1. The number of rotatable bonds is 6. The molecule has 10 heteroatoms. The number of ether oxygens (including phenoxy) is 1. The molecule has 0 bridgehead atoms. The van der Waals surface area contributed by atoms with Gasteiger partial charge in [-0.2, -0.15) is 21.6 Å². The molecule has 0 aliphatic heterocycles. The van der Waals surface area contributed by atoms with E-state index in [0.29, 0.717) is 31.5 Å². The van der Waals surface area contributed by atoms with Crippen LogP contribution in [-0.2, 0) is 32.0 Å². The third kappa shape index (κ3) is 8.24. The Kier molecular flexibility index (Phi) is 9.89. The van der Waals surface area contributed by atoms with Crippen molar-refractivity contribution in [1.29, 1.82) is 0 Å². The second-order valence-electron chi connectivity index (χ2n) is 10.3. The van der Waals surface area contributed by atoms with E-state index < -0.39 is 21.2 Å². The van der Waals surface area contributed by atoms with E-state index in [1.54, 1.807) is 23.1 Å². The molecule has 0 heterocycles. The third-order valence-corrected chi connectivity index (χ3v) is 6.86. The van der Waals surface area contributed by atoms with Crippen LogP contribution in [0.15, 0.2) is 72.8 Å². The van der Waals surface area contributed by atoms with Crippen LogP contribution in [0.3, 0.4) is 0 Å². The number of benzene rings is 3. The number of hydrogen-bond acceptors (Lipinski definition) is 5. The lowest BCUT2D eigenvalue weighted by Crippen LogP contribution is -2.36. The summed E-state index contributed by atoms with van der Waals surface area (Å²) in [5.74, 6) is -0.255. The Morgan fingerprint density at radius 3 is 2.27 bits per heavy atom. The summed E-state index contributed by atoms with van der Waals surface area (Å²) < 4.78 is 68.3. The summed E-state index contributed by atoms with van der Waals surface area (Å²) in [4.78, 5) is 14.2. The van der Waals surface area contributed by atoms with Crippen molar-refractivity contribution in [2.24, 2.45) is 0 Å². The van der Waals surface area contributed by atoms with Crippen molar-refractivity contribution in [3.63, 3.8) is 0 Å². The van der Waals surface area contributed by atoms with Gasteiger partial charge in [0.05, 0.1) is 0 Å². The van der Waals surface area contributed by atoms with Gasteiger partial charge in [0.1, 0.15) is 11.4 Å². The number of hydrogen-bond donors (Lipinski definition) is 0. The second-order valence-corrected chi connectivity index (χ2v) is 11.8. The van der Waals surface area contributed by atoms with Crippen molar-refractivity contribution in [2.45, 2.75) is 64.6 Å². The molecular formula is C30H34F3NO5S. The first-order valence-corrected chi connectivity index (χ1v) is 14.4. The summed E-state index contributed by atoms with van der Waals surface area (Å²) in [6, 6.07) is 21.1. The lowest BCUT2D eigenvalue weighted by molar-refractivity contribution is -0.0509. The van der Waals surface area contributed by atoms with E-state index in [-0.39, 0.29) is 11.9 Å². The first-order valence-electron chi connectivity index (χ1n) is 13.0. The Morgan fingerprint density at radius 1 is 0.950 bits per heavy atom. The van der Waals surface area contributed by atoms with Gasteiger partial charge in [0.25, 0.3) is 0 Å². The number of aryl methyl sites for hydroxylation is 1. The Bertz CT molecular complexity index is 1450. The molecule has 0 radical (unpaired) electrons. The Hall–Kier alpha value is -3.53. The van der Waals surface area contributed by atoms with Gasteiger partial charge in [-0.3, -0.25) is 0 Å². The fourth-order valence-corrected chi connectivity index (χ4v) is 4.65. The number of carbonyl (C=O) groups is 1. The highest BCUT2D eigenvalue weighted by Crippen LogP contribution is 2.33. The van der Waals surface area contributed by atoms with Crippen LogP contribution in [-0.4, -0.2) is 37.1 Å². The van der Waals surface area contributed by atoms with Gasteiger partial charge in [0, 0.05) is 18.7 Å². The van der Waals surface area contributed by atoms with E-state index in [1.807, 2.05) is 39.0 Å². The normalized spacial score (nSPS) is 13.4. The Balaban J connectivity index is 0.000000225. The number of amides is 1. The van der Waals surface area contributed by atoms with Crippen molar-refractivity contribution in [3.8, 4) is 0 Å². The van der Waals surface area contributed by atoms with Gasteiger partial charge >= 0.3 is 21.7 Å². The average Bonchev–Trinajstić information content (AvgIpc) is 2.87. The molecule has 0 spiro atoms. The average molecular weight is 578 g/mol. The minimum atomic E-state index is -5.61. The van der Waals surface area contributed by atoms with Crippen molar-refractivity contribution in [2.75, 3.05) is 6.54 Å². The van der Waals surface area contributed by atoms with E-state index in [1.165, 1.54) is 22.9 Å². The molecule has 0 saturated heterocycles. The van der Waals surface area contributed by atoms with Gasteiger partial charge in [0.15, 0.2) is 0 Å². The van der Waals surface area contributed by atoms with Crippen molar-refractivity contribution >= 4 is 32.7 Å². The maximum absolute atomic E-state index is 12.4. The van der Waals surface area contributed by atoms with Crippen LogP contribution in [0.4, 0.5) is 18.0 Å². The summed E-state index contributed by atoms with van der Waals surface area (Å²) in [6.07, 6.45) is 3.10. The Morgan fingerprint density at radius 2 is 1.60 bits per heavy atom. The molecule has 3 aromatic rings. The number of allylic oxidation sites excluding steroid dienone is 1. The summed E-state index contributed by atoms with van der Waals surface area (Å²) in [6.45, 7) is 9.02. The maximum Gasteiger partial charge on any atom is 0.534 e. The molecule has 4 rings (SSSR count). The first kappa shape index (κ1) is 31.0. The monoisotopic (exact) mass is 577 g/mol. The van der Waals surface area contributed by atoms with Crippen LogP contribution in [0, 0.1) is 0 Å². The lowest BCUT2D eigenvalue weighted by atomic mass is 9.96. The molecular weight excluding hydrogens is 543 g/mol. The molecule has 3 aromatic carbocycles. The molecule has 0 unspecified atom stereocenters. The lowest BCUT2D eigenvalue weighted by Gasteiger charge is -2.27. The SMILES string of the molecule is CCCN(Cc1cccc2ccccc12)C(=O)OC(C)(C)C.O=S(=O)(OC1=CCCc2ccccc21)C(F)(F)F. The van der Waals surface area contributed by atoms with Gasteiger partial charge in [-0.05, 0) is 68.0 Å². The largest absolute Gasteiger partial charge is 0.534 e. The van der Waals surface area contributed by atoms with Gasteiger partial charge in [-0.25, -0.2) is 4.79 Å². The standard InChI is InChI=1S/C19H25NO2.C11H9F3O3S/c1-5-13-20(18(21)22-19(2,3)4)14-16-11-8-10-15-9-6-7-12-17(15)16;12-11(13,14)18(15,16)17-10-7-3-5-8-4-1-2-6-9(8)10/h6-12H,5,13-14H2,1-4H3;1-2,4,6-7H,3,5H2. The first-order chi connectivity index (χ1) is 18.7. The summed E-state index contributed by atoms with van der Waals surface area (Å²) in [5.41, 5.74) is -3.58. The van der Waals surface area contributed by atoms with Crippen LogP contribution in [0.5, 0.6) is 0 Å². The minimum Gasteiger partial charge on any atom is -0.444 e. The van der Waals surface area contributed by atoms with E-state index >= 15 is 0 Å². The summed E-state index contributed by atoms with van der Waals surface area (Å²) >= 11 is 0. The summed E-state index contributed by atoms with van der Waals surface area (Å²) in [7, 11) is -5.61. The molecule has 0 atom stereocenters. The molecule has 0 fully saturated rings. The number of alkyl halides is 3. The third-order valence-electron chi connectivity index (χ3n) is 5.90. The molecule has 6 nitrogen and oxygen atoms in total. The zero-order valence-electron chi connectivity index (χ0n) is 23.0. The molecule has 216 valence electrons. The second kappa shape index (κ2) is 12.8. The zero-order valence-corrected chi connectivity index (χ0v) is 23.8. The molecule has 1 amide bonds. The predicted molar refractivity (Wildman–Crippen MR) is 150 cm³/mol. The van der Waals surface area contributed by atoms with E-state index in [2.05, 4.69) is 35.4 Å². The smallest absolute Gasteiger partial charge is 0.444 e. The maximum atomic E-state index is 12.4. The van der Waals surface area contributed by atoms with Crippen molar-refractivity contribution < 1.29 is 35.3 Å². The molecule has 1 aliphatic rings. The predicted octanol–water partition coefficient (Wildman–Crippen LogP) is 7.83. The van der Waals surface area contributed by atoms with E-state index in [9.17, 15) is 26.4 Å². The van der Waals surface area contributed by atoms with Gasteiger partial charge in [-0.15, -0.1) is 0 Å². The van der Waals surface area contributed by atoms with Gasteiger partial charge in [0.2, 0.25) is 0 Å². The van der Waals surface area contributed by atoms with E-state index in [4.69, 9.17) is 4.74 Å². The van der Waals surface area contributed by atoms with Crippen molar-refractivity contribution in [1.82, 2.24) is 4.90 Å². The molecule has 0 aromatic heterocycles. The minimum absolute atomic E-state index is 0.248. The topological polar surface area (TPSA) is 72.9 Å². The fraction of sp³-hybridized carbons (Fsp3) is 0.367. The molecule has 0 saturated carbocycles. The quantitative estimate of drug-likeness (QED) is 0.221. The van der Waals surface area contributed by atoms with Crippen LogP contribution in [0.25, 0.3) is 16.5 Å². The van der Waals surface area contributed by atoms with Gasteiger partial charge < -0.3 is 13.8 Å². The van der Waals surface area contributed by atoms with Crippen LogP contribution in [0.2, 0.25) is 0 Å². The Labute approximate surface area is 233 Å². The number of fused-ring (bicyclic) bond motifs is 2. The number of nitrogens with zero attached hydrogens (tertiary/aromatic N) is 1. The highest BCUT2D eigenvalue weighted by molar-refractivity contribution is 7.87. The molecule has 0 N–H and O–H groups in total. The zero-order chi connectivity index (χ0) is 29.6. The highest BCUT2D eigenvalue weighted by atomic mass is 32.2. The van der Waals surface area contributed by atoms with Crippen LogP contribution in [0.1, 0.15) is 57.2 Å². The summed E-state index contributed by atoms with van der Waals surface area (Å²) in [5, 5.41) is 2.38. The number of halogens is 3. The van der Waals surface area contributed by atoms with Crippen molar-refractivity contribution in [3.05, 3.63) is 89.5 Å². The van der Waals surface area contributed by atoms with Gasteiger partial charge in [-0.1, -0.05) is 73.7 Å². The highest BCUT2D eigenvalue weighted by Gasteiger charge is 2.49. The van der Waals surface area contributed by atoms with E-state index in [0.717, 1.165) is 17.5 Å². The fourth-order valence-electron chi connectivity index (χ4n) is 4.16. The van der Waals surface area contributed by atoms with Crippen LogP contribution >= 0.6 is 0 Å². The molecule has 40 heavy (non-hydrogen) atoms. The van der Waals surface area contributed by atoms with Crippen LogP contribution < -0.4 is 0 Å². The molecule has 1 aliphatic carbocycles.